The highest BCUT2D eigenvalue weighted by Crippen LogP contribution is 2.08. The normalized spacial score (nSPS) is 12.6. The number of aliphatic carboxylic acids is 4. The molecule has 4 atom stereocenters. The maximum atomic E-state index is 12.4. The third-order valence-electron chi connectivity index (χ3n) is 9.85. The zero-order valence-corrected chi connectivity index (χ0v) is 39.6. The molecule has 394 valence electrons. The summed E-state index contributed by atoms with van der Waals surface area (Å²) in [6.45, 7) is 1.71. The molecule has 0 saturated carbocycles. The van der Waals surface area contributed by atoms with Gasteiger partial charge in [-0.3, -0.25) is 38.4 Å². The molecule has 0 radical (unpaired) electrons. The van der Waals surface area contributed by atoms with Gasteiger partial charge >= 0.3 is 23.9 Å². The fraction of sp³-hybridized carbons (Fsp3) is 0.744. The second-order valence-corrected chi connectivity index (χ2v) is 15.6. The summed E-state index contributed by atoms with van der Waals surface area (Å²) in [5, 5.41) is 54.6. The Morgan fingerprint density at radius 3 is 1.26 bits per heavy atom. The Morgan fingerprint density at radius 2 is 0.797 bits per heavy atom. The molecule has 26 heteroatoms. The van der Waals surface area contributed by atoms with E-state index in [2.05, 4.69) is 37.2 Å². The summed E-state index contributed by atoms with van der Waals surface area (Å²) < 4.78 is 21.1. The average Bonchev–Trinajstić information content (AvgIpc) is 3.28. The van der Waals surface area contributed by atoms with Gasteiger partial charge < -0.3 is 76.6 Å². The number of carbonyl (C=O) groups excluding carboxylic acids is 7. The van der Waals surface area contributed by atoms with Gasteiger partial charge in [0.05, 0.1) is 45.7 Å². The van der Waals surface area contributed by atoms with Gasteiger partial charge in [0.25, 0.3) is 0 Å². The number of ketones is 1. The van der Waals surface area contributed by atoms with Crippen molar-refractivity contribution in [2.24, 2.45) is 0 Å². The van der Waals surface area contributed by atoms with Crippen LogP contribution in [0.5, 0.6) is 0 Å². The molecule has 0 aromatic heterocycles. The van der Waals surface area contributed by atoms with Crippen molar-refractivity contribution in [3.8, 4) is 0 Å². The molecular formula is C43H73N7O19. The molecule has 0 unspecified atom stereocenters. The highest BCUT2D eigenvalue weighted by atomic mass is 16.5. The van der Waals surface area contributed by atoms with Crippen LogP contribution in [0.2, 0.25) is 0 Å². The molecule has 26 nitrogen and oxygen atoms in total. The molecule has 0 aliphatic heterocycles. The first-order valence-electron chi connectivity index (χ1n) is 22.9. The quantitative estimate of drug-likeness (QED) is 0.0301. The van der Waals surface area contributed by atoms with E-state index in [1.54, 1.807) is 7.05 Å². The minimum atomic E-state index is -1.48. The fourth-order valence-electron chi connectivity index (χ4n) is 6.06. The van der Waals surface area contributed by atoms with Gasteiger partial charge in [0.2, 0.25) is 35.4 Å². The number of carboxylic acids is 4. The molecule has 0 heterocycles. The maximum absolute atomic E-state index is 12.4. The van der Waals surface area contributed by atoms with E-state index in [0.29, 0.717) is 51.5 Å². The first-order chi connectivity index (χ1) is 32.9. The van der Waals surface area contributed by atoms with Gasteiger partial charge in [-0.25, -0.2) is 14.4 Å². The number of amides is 6. The Labute approximate surface area is 400 Å². The van der Waals surface area contributed by atoms with Crippen LogP contribution in [0.25, 0.3) is 0 Å². The van der Waals surface area contributed by atoms with E-state index in [-0.39, 0.29) is 116 Å². The van der Waals surface area contributed by atoms with Crippen molar-refractivity contribution in [2.75, 3.05) is 79.5 Å². The summed E-state index contributed by atoms with van der Waals surface area (Å²) in [5.74, 6) is -8.27. The van der Waals surface area contributed by atoms with E-state index in [9.17, 15) is 68.1 Å². The molecule has 69 heavy (non-hydrogen) atoms. The summed E-state index contributed by atoms with van der Waals surface area (Å²) >= 11 is 0. The highest BCUT2D eigenvalue weighted by molar-refractivity contribution is 5.87. The maximum Gasteiger partial charge on any atom is 0.326 e. The van der Waals surface area contributed by atoms with Crippen molar-refractivity contribution in [3.63, 3.8) is 0 Å². The van der Waals surface area contributed by atoms with Crippen molar-refractivity contribution >= 4 is 65.1 Å². The molecule has 0 aromatic rings. The van der Waals surface area contributed by atoms with Gasteiger partial charge in [0, 0.05) is 51.7 Å². The topological polar surface area (TPSA) is 390 Å². The van der Waals surface area contributed by atoms with E-state index >= 15 is 0 Å². The molecule has 0 saturated heterocycles. The van der Waals surface area contributed by atoms with Crippen LogP contribution < -0.4 is 37.2 Å². The highest BCUT2D eigenvalue weighted by Gasteiger charge is 2.25. The minimum Gasteiger partial charge on any atom is -0.481 e. The van der Waals surface area contributed by atoms with Crippen molar-refractivity contribution in [3.05, 3.63) is 0 Å². The van der Waals surface area contributed by atoms with Crippen molar-refractivity contribution in [2.45, 2.75) is 127 Å². The predicted octanol–water partition coefficient (Wildman–Crippen LogP) is -1.78. The number of likely N-dealkylation sites (N-methyl/N-ethyl adjacent to an activating group) is 1. The zero-order chi connectivity index (χ0) is 51.8. The minimum absolute atomic E-state index is 0.0146. The number of ether oxygens (including phenoxy) is 4. The monoisotopic (exact) mass is 991 g/mol. The summed E-state index contributed by atoms with van der Waals surface area (Å²) in [4.78, 5) is 130. The number of carbonyl (C=O) groups is 11. The first-order valence-corrected chi connectivity index (χ1v) is 22.9. The Kier molecular flexibility index (Phi) is 36.7. The van der Waals surface area contributed by atoms with Gasteiger partial charge in [-0.15, -0.1) is 0 Å². The predicted molar refractivity (Wildman–Crippen MR) is 241 cm³/mol. The Bertz CT molecular complexity index is 1620. The summed E-state index contributed by atoms with van der Waals surface area (Å²) in [5.41, 5.74) is 0. The van der Waals surface area contributed by atoms with E-state index in [0.717, 1.165) is 0 Å². The zero-order valence-electron chi connectivity index (χ0n) is 39.6. The largest absolute Gasteiger partial charge is 0.481 e. The van der Waals surface area contributed by atoms with Crippen molar-refractivity contribution in [1.29, 1.82) is 0 Å². The molecule has 0 aliphatic rings. The van der Waals surface area contributed by atoms with Crippen LogP contribution in [0.4, 0.5) is 0 Å². The lowest BCUT2D eigenvalue weighted by molar-refractivity contribution is -0.144. The van der Waals surface area contributed by atoms with Crippen LogP contribution in [0.3, 0.4) is 0 Å². The van der Waals surface area contributed by atoms with Crippen LogP contribution in [0.15, 0.2) is 0 Å². The van der Waals surface area contributed by atoms with Crippen LogP contribution in [-0.2, 0) is 71.7 Å². The molecule has 0 bridgehead atoms. The van der Waals surface area contributed by atoms with Crippen molar-refractivity contribution < 1.29 is 92.1 Å². The lowest BCUT2D eigenvalue weighted by Crippen LogP contribution is -2.45. The summed E-state index contributed by atoms with van der Waals surface area (Å²) in [6.07, 6.45) is 2.85. The smallest absolute Gasteiger partial charge is 0.326 e. The third-order valence-corrected chi connectivity index (χ3v) is 9.85. The van der Waals surface area contributed by atoms with Crippen molar-refractivity contribution in [1.82, 2.24) is 37.2 Å². The number of rotatable bonds is 45. The molecule has 0 fully saturated rings. The molecule has 0 aromatic carbocycles. The van der Waals surface area contributed by atoms with E-state index in [1.165, 1.54) is 6.92 Å². The number of carboxylic acid groups (broad SMARTS) is 4. The van der Waals surface area contributed by atoms with Gasteiger partial charge in [-0.1, -0.05) is 12.8 Å². The van der Waals surface area contributed by atoms with E-state index < -0.39 is 90.5 Å². The summed E-state index contributed by atoms with van der Waals surface area (Å²) in [6, 6.07) is -4.38. The summed E-state index contributed by atoms with van der Waals surface area (Å²) in [7, 11) is 1.69. The van der Waals surface area contributed by atoms with Crippen LogP contribution in [-0.4, -0.2) is 189 Å². The third kappa shape index (κ3) is 36.8. The lowest BCUT2D eigenvalue weighted by atomic mass is 10.1. The number of hydrogen-bond acceptors (Lipinski definition) is 16. The number of hydrogen-bond donors (Lipinski definition) is 11. The molecule has 0 aliphatic carbocycles. The lowest BCUT2D eigenvalue weighted by Gasteiger charge is -2.17. The number of Topliss-reactive ketones (excluding diaryl/α,β-unsaturated/α-hetero) is 1. The Morgan fingerprint density at radius 1 is 0.391 bits per heavy atom. The van der Waals surface area contributed by atoms with Gasteiger partial charge in [-0.05, 0) is 65.3 Å². The Balaban J connectivity index is 4.05. The second-order valence-electron chi connectivity index (χ2n) is 15.6. The van der Waals surface area contributed by atoms with Crippen LogP contribution in [0, 0.1) is 0 Å². The molecular weight excluding hydrogens is 919 g/mol. The Hall–Kier alpha value is -5.83. The molecule has 11 N–H and O–H groups in total. The van der Waals surface area contributed by atoms with Gasteiger partial charge in [0.1, 0.15) is 37.1 Å². The van der Waals surface area contributed by atoms with Crippen LogP contribution >= 0.6 is 0 Å². The molecule has 0 rings (SSSR count). The molecule has 0 spiro atoms. The van der Waals surface area contributed by atoms with Gasteiger partial charge in [-0.2, -0.15) is 0 Å². The molecule has 6 amide bonds. The van der Waals surface area contributed by atoms with Crippen LogP contribution in [0.1, 0.15) is 103 Å². The fourth-order valence-corrected chi connectivity index (χ4v) is 6.06. The van der Waals surface area contributed by atoms with E-state index in [4.69, 9.17) is 24.1 Å². The average molecular weight is 992 g/mol. The number of unbranched alkanes of at least 4 members (excludes halogenated alkanes) is 4. The van der Waals surface area contributed by atoms with Gasteiger partial charge in [0.15, 0.2) is 0 Å². The first kappa shape index (κ1) is 63.2. The standard InChI is InChI=1S/C43H73N7O19/c1-29(51)30(44-2)9-7-8-18-45-34(52)15-12-32(42(62)63)49-37(55)17-14-33(43(64)65)50-39(57)28-69-26-24-67-22-20-47-38(56)27-68-25-23-66-21-19-46-35(53)16-13-31(41(60)61)48-36(54)10-5-3-4-6-11-40(58)59/h30-33,44H,3-28H2,1-2H3,(H,45,52)(H,46,53)(H,47,56)(H,48,54)(H,49,55)(H,50,57)(H,58,59)(H,60,61)(H,62,63)(H,64,65)/t30-,31-,32-,33-/m0/s1. The SMILES string of the molecule is CN[C@@H](CCCCNC(=O)CC[C@H](NC(=O)CC[C@H](NC(=O)COCCOCCNC(=O)COCCOCCNC(=O)CC[C@H](NC(=O)CCCCCCC(=O)O)C(=O)O)C(=O)O)C(=O)O)C(C)=O. The second kappa shape index (κ2) is 40.1. The number of nitrogens with one attached hydrogen (secondary N) is 7. The van der Waals surface area contributed by atoms with E-state index in [1.807, 2.05) is 0 Å².